The molecule has 0 radical (unpaired) electrons. The first-order valence-electron chi connectivity index (χ1n) is 12.4. The van der Waals surface area contributed by atoms with Gasteiger partial charge in [0.1, 0.15) is 34.6 Å². The molecule has 5 aromatic rings. The van der Waals surface area contributed by atoms with E-state index in [2.05, 4.69) is 0 Å². The molecule has 2 aliphatic rings. The standard InChI is InChI=1S/C28H20BF5N2O4/c1-37-17-7-3-15(4-8-17)23-11-19-25(39-23)13-21-27(28(30,31)32)22-14-26-20(36(22)29(33,34)35(19)21)12-24(40-26)16-5-9-18(38-2)10-6-16/h3-14,21,27H,1-2H3. The minimum Gasteiger partial charge on any atom is -0.497 e. The normalized spacial score (nSPS) is 19.2. The third kappa shape index (κ3) is 3.44. The molecule has 3 aromatic heterocycles. The van der Waals surface area contributed by atoms with Crippen molar-refractivity contribution >= 4 is 24.1 Å². The summed E-state index contributed by atoms with van der Waals surface area (Å²) >= 11 is 0. The second-order valence-electron chi connectivity index (χ2n) is 9.79. The number of alkyl halides is 3. The maximum atomic E-state index is 16.4. The molecule has 0 spiro atoms. The Morgan fingerprint density at radius 2 is 1.40 bits per heavy atom. The van der Waals surface area contributed by atoms with Crippen LogP contribution in [0.15, 0.2) is 75.6 Å². The molecular weight excluding hydrogens is 534 g/mol. The molecule has 0 N–H and O–H groups in total. The highest BCUT2D eigenvalue weighted by molar-refractivity contribution is 6.64. The summed E-state index contributed by atoms with van der Waals surface area (Å²) < 4.78 is 99.4. The topological polar surface area (TPSA) is 52.7 Å². The molecule has 204 valence electrons. The van der Waals surface area contributed by atoms with Crippen molar-refractivity contribution in [2.45, 2.75) is 18.1 Å². The van der Waals surface area contributed by atoms with Crippen molar-refractivity contribution in [2.75, 3.05) is 14.2 Å². The quantitative estimate of drug-likeness (QED) is 0.220. The van der Waals surface area contributed by atoms with E-state index in [4.69, 9.17) is 18.3 Å². The summed E-state index contributed by atoms with van der Waals surface area (Å²) in [7, 11) is 3.02. The van der Waals surface area contributed by atoms with E-state index in [9.17, 15) is 13.2 Å². The molecule has 0 amide bonds. The lowest BCUT2D eigenvalue weighted by molar-refractivity contribution is -0.155. The van der Waals surface area contributed by atoms with Crippen LogP contribution in [0.25, 0.3) is 39.8 Å². The highest BCUT2D eigenvalue weighted by Crippen LogP contribution is 2.47. The lowest BCUT2D eigenvalue weighted by Gasteiger charge is -2.39. The number of furan rings is 2. The zero-order valence-electron chi connectivity index (χ0n) is 21.1. The molecule has 0 saturated heterocycles. The Morgan fingerprint density at radius 3 is 1.95 bits per heavy atom. The van der Waals surface area contributed by atoms with Gasteiger partial charge in [-0.05, 0) is 54.6 Å². The Labute approximate surface area is 223 Å². The first-order valence-corrected chi connectivity index (χ1v) is 12.4. The van der Waals surface area contributed by atoms with Gasteiger partial charge in [-0.1, -0.05) is 0 Å². The minimum absolute atomic E-state index is 0.0280. The summed E-state index contributed by atoms with van der Waals surface area (Å²) in [6.07, 6.45) is -3.68. The number of ether oxygens (including phenoxy) is 2. The van der Waals surface area contributed by atoms with Crippen molar-refractivity contribution < 1.29 is 40.1 Å². The molecule has 12 heteroatoms. The van der Waals surface area contributed by atoms with Crippen LogP contribution >= 0.6 is 0 Å². The van der Waals surface area contributed by atoms with E-state index in [0.29, 0.717) is 31.6 Å². The van der Waals surface area contributed by atoms with Gasteiger partial charge in [-0.3, -0.25) is 0 Å². The Kier molecular flexibility index (Phi) is 5.07. The van der Waals surface area contributed by atoms with Crippen LogP contribution in [-0.4, -0.2) is 37.9 Å². The van der Waals surface area contributed by atoms with Crippen LogP contribution in [-0.2, 0) is 0 Å². The van der Waals surface area contributed by atoms with Crippen LogP contribution in [0.3, 0.4) is 0 Å². The van der Waals surface area contributed by atoms with Crippen molar-refractivity contribution in [1.29, 1.82) is 0 Å². The van der Waals surface area contributed by atoms with E-state index in [1.165, 1.54) is 26.4 Å². The molecule has 0 saturated carbocycles. The van der Waals surface area contributed by atoms with Crippen LogP contribution in [0.5, 0.6) is 11.5 Å². The maximum absolute atomic E-state index is 16.4. The Bertz CT molecular complexity index is 1900. The summed E-state index contributed by atoms with van der Waals surface area (Å²) in [5.74, 6) is -0.546. The molecule has 40 heavy (non-hydrogen) atoms. The number of rotatable bonds is 4. The third-order valence-corrected chi connectivity index (χ3v) is 7.63. The first kappa shape index (κ1) is 24.6. The summed E-state index contributed by atoms with van der Waals surface area (Å²) in [5.41, 5.74) is 0.391. The van der Waals surface area contributed by atoms with Gasteiger partial charge in [0.05, 0.1) is 25.8 Å². The zero-order valence-corrected chi connectivity index (χ0v) is 21.1. The fraction of sp³-hybridized carbons (Fsp3) is 0.179. The lowest BCUT2D eigenvalue weighted by Crippen LogP contribution is -2.64. The van der Waals surface area contributed by atoms with Gasteiger partial charge in [0.25, 0.3) is 0 Å². The minimum atomic E-state index is -4.82. The van der Waals surface area contributed by atoms with E-state index in [0.717, 1.165) is 12.1 Å². The molecule has 0 fully saturated rings. The monoisotopic (exact) mass is 554 g/mol. The SMILES string of the molecule is COc1ccc(-c2cc3c(o2)=CC2C(C(F)(F)F)c4cc5oc(-c6ccc(OC)cc6)cc5n4[B-](F)(F)[N+]=32)cc1. The van der Waals surface area contributed by atoms with Crippen LogP contribution in [0.4, 0.5) is 21.8 Å². The molecule has 7 rings (SSSR count). The molecule has 2 atom stereocenters. The highest BCUT2D eigenvalue weighted by Gasteiger charge is 2.63. The molecule has 2 unspecified atom stereocenters. The van der Waals surface area contributed by atoms with E-state index >= 15 is 8.63 Å². The fourth-order valence-electron chi connectivity index (χ4n) is 5.82. The largest absolute Gasteiger partial charge is 0.732 e. The average Bonchev–Trinajstić information content (AvgIpc) is 3.67. The smallest absolute Gasteiger partial charge is 0.497 e. The van der Waals surface area contributed by atoms with Crippen LogP contribution in [0.2, 0.25) is 0 Å². The summed E-state index contributed by atoms with van der Waals surface area (Å²) in [5, 5.41) is -0.0959. The Morgan fingerprint density at radius 1 is 0.825 bits per heavy atom. The van der Waals surface area contributed by atoms with Crippen molar-refractivity contribution in [1.82, 2.24) is 8.96 Å². The van der Waals surface area contributed by atoms with Crippen LogP contribution in [0.1, 0.15) is 11.6 Å². The molecule has 6 nitrogen and oxygen atoms in total. The van der Waals surface area contributed by atoms with Gasteiger partial charge in [0, 0.05) is 29.0 Å². The van der Waals surface area contributed by atoms with Crippen molar-refractivity contribution in [2.24, 2.45) is 0 Å². The first-order chi connectivity index (χ1) is 19.1. The van der Waals surface area contributed by atoms with Crippen molar-refractivity contribution in [3.63, 3.8) is 0 Å². The zero-order chi connectivity index (χ0) is 28.0. The van der Waals surface area contributed by atoms with Crippen molar-refractivity contribution in [3.8, 4) is 34.1 Å². The molecule has 0 bridgehead atoms. The van der Waals surface area contributed by atoms with Crippen LogP contribution < -0.4 is 24.7 Å². The van der Waals surface area contributed by atoms with Gasteiger partial charge >= 0.3 is 13.1 Å². The number of hydrogen-bond donors (Lipinski definition) is 0. The summed E-state index contributed by atoms with van der Waals surface area (Å²) in [6, 6.07) is 15.5. The van der Waals surface area contributed by atoms with E-state index in [-0.39, 0.29) is 33.4 Å². The van der Waals surface area contributed by atoms with Gasteiger partial charge in [-0.2, -0.15) is 13.2 Å². The van der Waals surface area contributed by atoms with E-state index < -0.39 is 30.8 Å². The van der Waals surface area contributed by atoms with E-state index in [1.807, 2.05) is 0 Å². The second kappa shape index (κ2) is 8.26. The number of hydrogen-bond acceptors (Lipinski definition) is 4. The predicted molar refractivity (Wildman–Crippen MR) is 138 cm³/mol. The van der Waals surface area contributed by atoms with Crippen molar-refractivity contribution in [3.05, 3.63) is 83.2 Å². The van der Waals surface area contributed by atoms with Gasteiger partial charge in [-0.15, -0.1) is 0 Å². The van der Waals surface area contributed by atoms with Crippen LogP contribution in [0, 0.1) is 0 Å². The summed E-state index contributed by atoms with van der Waals surface area (Å²) in [6.45, 7) is -4.72. The maximum Gasteiger partial charge on any atom is 0.732 e. The number of nitrogens with zero attached hydrogens (tertiary/aromatic N) is 2. The third-order valence-electron chi connectivity index (χ3n) is 7.63. The van der Waals surface area contributed by atoms with Gasteiger partial charge < -0.3 is 35.9 Å². The van der Waals surface area contributed by atoms with Gasteiger partial charge in [-0.25, -0.2) is 0 Å². The number of fused-ring (bicyclic) bond motifs is 5. The molecule has 0 aliphatic carbocycles. The van der Waals surface area contributed by atoms with Gasteiger partial charge in [0.2, 0.25) is 5.36 Å². The average molecular weight is 554 g/mol. The van der Waals surface area contributed by atoms with E-state index in [1.54, 1.807) is 48.5 Å². The molecule has 2 aromatic carbocycles. The Hall–Kier alpha value is -4.48. The summed E-state index contributed by atoms with van der Waals surface area (Å²) in [4.78, 5) is 0. The number of methoxy groups -OCH3 is 2. The molecular formula is C28H20BF5N2O4. The number of halogens is 5. The number of benzene rings is 2. The Balaban J connectivity index is 1.42. The predicted octanol–water partition coefficient (Wildman–Crippen LogP) is 5.41. The molecule has 5 heterocycles. The molecule has 2 aliphatic heterocycles. The van der Waals surface area contributed by atoms with Gasteiger partial charge in [0.15, 0.2) is 11.3 Å². The highest BCUT2D eigenvalue weighted by atomic mass is 19.4. The fourth-order valence-corrected chi connectivity index (χ4v) is 5.82. The lowest BCUT2D eigenvalue weighted by atomic mass is 9.81. The second-order valence-corrected chi connectivity index (χ2v) is 9.79. The number of aromatic nitrogens is 1.